The topological polar surface area (TPSA) is 70.1 Å². The van der Waals surface area contributed by atoms with Crippen LogP contribution in [0.3, 0.4) is 0 Å². The van der Waals surface area contributed by atoms with Crippen LogP contribution in [0, 0.1) is 13.8 Å². The Bertz CT molecular complexity index is 693. The van der Waals surface area contributed by atoms with Gasteiger partial charge in [-0.1, -0.05) is 0 Å². The van der Waals surface area contributed by atoms with E-state index in [1.165, 1.54) is 11.3 Å². The maximum absolute atomic E-state index is 12.4. The van der Waals surface area contributed by atoms with Crippen molar-refractivity contribution in [2.45, 2.75) is 40.2 Å². The van der Waals surface area contributed by atoms with E-state index in [2.05, 4.69) is 5.10 Å². The van der Waals surface area contributed by atoms with Crippen LogP contribution < -0.4 is 5.73 Å². The molecule has 0 unspecified atom stereocenters. The Labute approximate surface area is 128 Å². The molecule has 2 N–H and O–H groups in total. The van der Waals surface area contributed by atoms with E-state index in [9.17, 15) is 4.79 Å². The van der Waals surface area contributed by atoms with Crippen molar-refractivity contribution in [2.24, 2.45) is 7.05 Å². The van der Waals surface area contributed by atoms with Crippen LogP contribution >= 0.6 is 11.3 Å². The average molecular weight is 307 g/mol. The molecule has 2 aromatic rings. The number of aryl methyl sites for hydroxylation is 2. The van der Waals surface area contributed by atoms with Crippen molar-refractivity contribution >= 4 is 22.3 Å². The Morgan fingerprint density at radius 1 is 1.38 bits per heavy atom. The lowest BCUT2D eigenvalue weighted by atomic mass is 10.0. The van der Waals surface area contributed by atoms with Gasteiger partial charge in [0.25, 0.3) is 0 Å². The molecular formula is C15H21N3O2S. The molecule has 0 spiro atoms. The smallest absolute Gasteiger partial charge is 0.342 e. The van der Waals surface area contributed by atoms with Crippen molar-refractivity contribution in [1.29, 1.82) is 0 Å². The van der Waals surface area contributed by atoms with Crippen LogP contribution in [-0.4, -0.2) is 21.4 Å². The molecule has 0 aliphatic heterocycles. The van der Waals surface area contributed by atoms with Gasteiger partial charge in [-0.25, -0.2) is 4.79 Å². The predicted molar refractivity (Wildman–Crippen MR) is 85.6 cm³/mol. The number of ether oxygens (including phenoxy) is 1. The zero-order chi connectivity index (χ0) is 15.9. The van der Waals surface area contributed by atoms with Gasteiger partial charge in [-0.05, 0) is 34.6 Å². The van der Waals surface area contributed by atoms with E-state index in [0.717, 1.165) is 22.5 Å². The number of nitrogen functional groups attached to an aromatic ring is 1. The van der Waals surface area contributed by atoms with Gasteiger partial charge in [0, 0.05) is 29.2 Å². The second-order valence-electron chi connectivity index (χ2n) is 6.06. The van der Waals surface area contributed by atoms with Crippen molar-refractivity contribution < 1.29 is 9.53 Å². The highest BCUT2D eigenvalue weighted by Crippen LogP contribution is 2.37. The molecule has 0 bridgehead atoms. The lowest BCUT2D eigenvalue weighted by Gasteiger charge is -2.20. The molecule has 0 fully saturated rings. The summed E-state index contributed by atoms with van der Waals surface area (Å²) in [6.45, 7) is 9.42. The van der Waals surface area contributed by atoms with Gasteiger partial charge in [0.05, 0.1) is 5.69 Å². The minimum Gasteiger partial charge on any atom is -0.456 e. The van der Waals surface area contributed by atoms with Gasteiger partial charge in [-0.2, -0.15) is 5.10 Å². The number of anilines is 1. The quantitative estimate of drug-likeness (QED) is 0.864. The summed E-state index contributed by atoms with van der Waals surface area (Å²) in [6.07, 6.45) is 0. The molecule has 21 heavy (non-hydrogen) atoms. The van der Waals surface area contributed by atoms with Crippen molar-refractivity contribution in [3.63, 3.8) is 0 Å². The Balaban J connectivity index is 2.55. The first-order chi connectivity index (χ1) is 9.61. The summed E-state index contributed by atoms with van der Waals surface area (Å²) >= 11 is 1.35. The third-order valence-corrected chi connectivity index (χ3v) is 4.01. The summed E-state index contributed by atoms with van der Waals surface area (Å²) in [5, 5.41) is 6.77. The fourth-order valence-electron chi connectivity index (χ4n) is 2.26. The molecule has 0 aliphatic rings. The first-order valence-corrected chi connectivity index (χ1v) is 7.60. The van der Waals surface area contributed by atoms with E-state index in [4.69, 9.17) is 10.5 Å². The zero-order valence-electron chi connectivity index (χ0n) is 13.3. The molecule has 0 aromatic carbocycles. The van der Waals surface area contributed by atoms with Crippen molar-refractivity contribution in [2.75, 3.05) is 5.73 Å². The van der Waals surface area contributed by atoms with Crippen LogP contribution in [0.15, 0.2) is 5.38 Å². The second kappa shape index (κ2) is 5.18. The fourth-order valence-corrected chi connectivity index (χ4v) is 3.05. The maximum atomic E-state index is 12.4. The molecule has 2 aromatic heterocycles. The number of nitrogens with two attached hydrogens (primary N) is 1. The van der Waals surface area contributed by atoms with Crippen LogP contribution in [0.25, 0.3) is 11.1 Å². The molecular weight excluding hydrogens is 286 g/mol. The van der Waals surface area contributed by atoms with Crippen LogP contribution in [0.1, 0.15) is 42.5 Å². The Hall–Kier alpha value is -1.82. The highest BCUT2D eigenvalue weighted by Gasteiger charge is 2.27. The van der Waals surface area contributed by atoms with Gasteiger partial charge in [0.15, 0.2) is 0 Å². The van der Waals surface area contributed by atoms with Gasteiger partial charge in [0.1, 0.15) is 16.2 Å². The Morgan fingerprint density at radius 2 is 2.00 bits per heavy atom. The van der Waals surface area contributed by atoms with Gasteiger partial charge in [-0.3, -0.25) is 4.68 Å². The number of carbonyl (C=O) groups is 1. The first kappa shape index (κ1) is 15.6. The molecule has 114 valence electrons. The molecule has 2 heterocycles. The van der Waals surface area contributed by atoms with Crippen LogP contribution in [-0.2, 0) is 11.8 Å². The van der Waals surface area contributed by atoms with E-state index < -0.39 is 5.60 Å². The Kier molecular flexibility index (Phi) is 3.84. The standard InChI is InChI=1S/C15H21N3O2S/c1-8-11(9(2)18(6)17-8)10-7-21-13(16)12(10)14(19)20-15(3,4)5/h7H,16H2,1-6H3. The number of aromatic nitrogens is 2. The zero-order valence-corrected chi connectivity index (χ0v) is 14.1. The summed E-state index contributed by atoms with van der Waals surface area (Å²) in [6, 6.07) is 0. The highest BCUT2D eigenvalue weighted by atomic mass is 32.1. The second-order valence-corrected chi connectivity index (χ2v) is 6.97. The molecule has 2 rings (SSSR count). The monoisotopic (exact) mass is 307 g/mol. The number of rotatable bonds is 2. The largest absolute Gasteiger partial charge is 0.456 e. The van der Waals surface area contributed by atoms with Crippen molar-refractivity contribution in [3.05, 3.63) is 22.3 Å². The lowest BCUT2D eigenvalue weighted by molar-refractivity contribution is 0.00722. The number of thiophene rings is 1. The number of esters is 1. The first-order valence-electron chi connectivity index (χ1n) is 6.72. The maximum Gasteiger partial charge on any atom is 0.342 e. The molecule has 0 saturated heterocycles. The SMILES string of the molecule is Cc1nn(C)c(C)c1-c1csc(N)c1C(=O)OC(C)(C)C. The number of nitrogens with zero attached hydrogens (tertiary/aromatic N) is 2. The number of carbonyl (C=O) groups excluding carboxylic acids is 1. The molecule has 0 radical (unpaired) electrons. The summed E-state index contributed by atoms with van der Waals surface area (Å²) < 4.78 is 7.28. The molecule has 0 amide bonds. The summed E-state index contributed by atoms with van der Waals surface area (Å²) in [7, 11) is 1.88. The molecule has 0 saturated carbocycles. The van der Waals surface area contributed by atoms with Gasteiger partial charge >= 0.3 is 5.97 Å². The van der Waals surface area contributed by atoms with Crippen LogP contribution in [0.2, 0.25) is 0 Å². The number of hydrogen-bond donors (Lipinski definition) is 1. The summed E-state index contributed by atoms with van der Waals surface area (Å²) in [5.74, 6) is -0.390. The minimum absolute atomic E-state index is 0.390. The van der Waals surface area contributed by atoms with E-state index in [-0.39, 0.29) is 5.97 Å². The van der Waals surface area contributed by atoms with E-state index in [0.29, 0.717) is 10.6 Å². The van der Waals surface area contributed by atoms with Gasteiger partial charge < -0.3 is 10.5 Å². The minimum atomic E-state index is -0.554. The van der Waals surface area contributed by atoms with E-state index in [1.54, 1.807) is 4.68 Å². The molecule has 6 heteroatoms. The van der Waals surface area contributed by atoms with Crippen LogP contribution in [0.4, 0.5) is 5.00 Å². The molecule has 5 nitrogen and oxygen atoms in total. The van der Waals surface area contributed by atoms with Crippen molar-refractivity contribution in [1.82, 2.24) is 9.78 Å². The molecule has 0 aliphatic carbocycles. The van der Waals surface area contributed by atoms with Gasteiger partial charge in [0.2, 0.25) is 0 Å². The summed E-state index contributed by atoms with van der Waals surface area (Å²) in [5.41, 5.74) is 9.50. The number of hydrogen-bond acceptors (Lipinski definition) is 5. The van der Waals surface area contributed by atoms with E-state index in [1.807, 2.05) is 47.0 Å². The summed E-state index contributed by atoms with van der Waals surface area (Å²) in [4.78, 5) is 12.4. The normalized spacial score (nSPS) is 11.7. The van der Waals surface area contributed by atoms with Gasteiger partial charge in [-0.15, -0.1) is 11.3 Å². The third-order valence-electron chi connectivity index (χ3n) is 3.20. The third kappa shape index (κ3) is 2.95. The van der Waals surface area contributed by atoms with Crippen molar-refractivity contribution in [3.8, 4) is 11.1 Å². The molecule has 0 atom stereocenters. The lowest BCUT2D eigenvalue weighted by Crippen LogP contribution is -2.24. The highest BCUT2D eigenvalue weighted by molar-refractivity contribution is 7.15. The fraction of sp³-hybridized carbons (Fsp3) is 0.467. The predicted octanol–water partition coefficient (Wildman–Crippen LogP) is 3.30. The van der Waals surface area contributed by atoms with Crippen LogP contribution in [0.5, 0.6) is 0 Å². The average Bonchev–Trinajstić information content (AvgIpc) is 2.79. The Morgan fingerprint density at radius 3 is 2.48 bits per heavy atom. The van der Waals surface area contributed by atoms with E-state index >= 15 is 0 Å².